The molecule has 0 aliphatic heterocycles. The molecule has 0 amide bonds. The number of rotatable bonds is 1. The topological polar surface area (TPSA) is 26.0 Å². The highest BCUT2D eigenvalue weighted by atomic mass is 32.1. The highest BCUT2D eigenvalue weighted by molar-refractivity contribution is 7.10. The molecule has 0 spiro atoms. The Balaban J connectivity index is 2.23. The van der Waals surface area contributed by atoms with Crippen LogP contribution in [0.4, 0.5) is 4.39 Å². The van der Waals surface area contributed by atoms with Gasteiger partial charge < -0.3 is 5.73 Å². The molecule has 1 aromatic heterocycles. The summed E-state index contributed by atoms with van der Waals surface area (Å²) in [5.74, 6) is 0. The van der Waals surface area contributed by atoms with E-state index in [1.54, 1.807) is 0 Å². The van der Waals surface area contributed by atoms with Crippen molar-refractivity contribution in [1.29, 1.82) is 0 Å². The van der Waals surface area contributed by atoms with E-state index in [0.717, 1.165) is 11.3 Å². The summed E-state index contributed by atoms with van der Waals surface area (Å²) in [7, 11) is 0. The third kappa shape index (κ3) is 1.27. The molecule has 1 saturated carbocycles. The van der Waals surface area contributed by atoms with Gasteiger partial charge in [0.15, 0.2) is 0 Å². The van der Waals surface area contributed by atoms with E-state index in [4.69, 9.17) is 5.73 Å². The van der Waals surface area contributed by atoms with Gasteiger partial charge in [-0.1, -0.05) is 6.07 Å². The van der Waals surface area contributed by atoms with Crippen LogP contribution in [0.15, 0.2) is 17.5 Å². The minimum Gasteiger partial charge on any atom is -0.328 e. The number of alkyl halides is 1. The molecular weight excluding hydrogens is 173 g/mol. The molecule has 0 radical (unpaired) electrons. The van der Waals surface area contributed by atoms with Crippen molar-refractivity contribution in [1.82, 2.24) is 0 Å². The van der Waals surface area contributed by atoms with E-state index < -0.39 is 5.67 Å². The van der Waals surface area contributed by atoms with Gasteiger partial charge in [-0.15, -0.1) is 11.3 Å². The lowest BCUT2D eigenvalue weighted by Gasteiger charge is -2.16. The van der Waals surface area contributed by atoms with Crippen molar-refractivity contribution in [2.75, 3.05) is 0 Å². The number of nitrogens with two attached hydrogens (primary N) is 1. The molecule has 2 rings (SSSR count). The number of hydrogen-bond acceptors (Lipinski definition) is 2. The molecule has 0 saturated heterocycles. The Kier molecular flexibility index (Phi) is 1.93. The van der Waals surface area contributed by atoms with Crippen molar-refractivity contribution in [2.24, 2.45) is 5.73 Å². The molecule has 1 aliphatic rings. The van der Waals surface area contributed by atoms with Crippen LogP contribution >= 0.6 is 11.3 Å². The zero-order chi connectivity index (χ0) is 8.60. The van der Waals surface area contributed by atoms with Crippen LogP contribution in [0.25, 0.3) is 0 Å². The third-order valence-electron chi connectivity index (χ3n) is 2.46. The van der Waals surface area contributed by atoms with Crippen LogP contribution in [0.1, 0.15) is 24.1 Å². The van der Waals surface area contributed by atoms with E-state index in [2.05, 4.69) is 0 Å². The normalized spacial score (nSPS) is 35.7. The molecule has 1 aliphatic carbocycles. The minimum absolute atomic E-state index is 0.0529. The van der Waals surface area contributed by atoms with Crippen LogP contribution in [-0.2, 0) is 5.67 Å². The summed E-state index contributed by atoms with van der Waals surface area (Å²) in [6.45, 7) is 0. The predicted octanol–water partition coefficient (Wildman–Crippen LogP) is 2.42. The maximum absolute atomic E-state index is 14.1. The second-order valence-corrected chi connectivity index (χ2v) is 4.39. The van der Waals surface area contributed by atoms with Crippen molar-refractivity contribution in [3.8, 4) is 0 Å². The molecule has 2 N–H and O–H groups in total. The minimum atomic E-state index is -1.12. The first kappa shape index (κ1) is 8.20. The SMILES string of the molecule is NC1CCC(F)(c2cccs2)C1. The van der Waals surface area contributed by atoms with Gasteiger partial charge in [-0.05, 0) is 24.3 Å². The van der Waals surface area contributed by atoms with Gasteiger partial charge in [-0.3, -0.25) is 0 Å². The molecule has 0 bridgehead atoms. The van der Waals surface area contributed by atoms with Crippen molar-refractivity contribution in [2.45, 2.75) is 31.0 Å². The van der Waals surface area contributed by atoms with E-state index in [1.165, 1.54) is 11.3 Å². The van der Waals surface area contributed by atoms with Gasteiger partial charge in [0.25, 0.3) is 0 Å². The lowest BCUT2D eigenvalue weighted by molar-refractivity contribution is 0.177. The smallest absolute Gasteiger partial charge is 0.146 e. The van der Waals surface area contributed by atoms with Gasteiger partial charge in [0.1, 0.15) is 5.67 Å². The lowest BCUT2D eigenvalue weighted by Crippen LogP contribution is -2.20. The molecule has 2 unspecified atom stereocenters. The first-order chi connectivity index (χ1) is 5.71. The quantitative estimate of drug-likeness (QED) is 0.714. The first-order valence-corrected chi connectivity index (χ1v) is 5.07. The number of thiophene rings is 1. The molecule has 2 atom stereocenters. The lowest BCUT2D eigenvalue weighted by atomic mass is 10.0. The van der Waals surface area contributed by atoms with Crippen LogP contribution in [0.3, 0.4) is 0 Å². The van der Waals surface area contributed by atoms with Gasteiger partial charge >= 0.3 is 0 Å². The highest BCUT2D eigenvalue weighted by Crippen LogP contribution is 2.43. The molecule has 1 heterocycles. The molecular formula is C9H12FNS. The van der Waals surface area contributed by atoms with E-state index in [9.17, 15) is 4.39 Å². The standard InChI is InChI=1S/C9H12FNS/c10-9(4-3-7(11)6-9)8-2-1-5-12-8/h1-2,5,7H,3-4,6,11H2. The van der Waals surface area contributed by atoms with Gasteiger partial charge in [0, 0.05) is 17.3 Å². The molecule has 1 nitrogen and oxygen atoms in total. The highest BCUT2D eigenvalue weighted by Gasteiger charge is 2.40. The fourth-order valence-electron chi connectivity index (χ4n) is 1.79. The third-order valence-corrected chi connectivity index (χ3v) is 3.51. The maximum atomic E-state index is 14.1. The summed E-state index contributed by atoms with van der Waals surface area (Å²) < 4.78 is 14.1. The van der Waals surface area contributed by atoms with E-state index >= 15 is 0 Å². The Labute approximate surface area is 75.4 Å². The van der Waals surface area contributed by atoms with Gasteiger partial charge in [0.05, 0.1) is 0 Å². The zero-order valence-corrected chi connectivity index (χ0v) is 7.61. The van der Waals surface area contributed by atoms with Gasteiger partial charge in [-0.25, -0.2) is 4.39 Å². The first-order valence-electron chi connectivity index (χ1n) is 4.19. The molecule has 66 valence electrons. The predicted molar refractivity (Wildman–Crippen MR) is 48.9 cm³/mol. The van der Waals surface area contributed by atoms with Crippen LogP contribution in [0, 0.1) is 0 Å². The van der Waals surface area contributed by atoms with Crippen molar-refractivity contribution >= 4 is 11.3 Å². The van der Waals surface area contributed by atoms with Crippen molar-refractivity contribution < 1.29 is 4.39 Å². The Morgan fingerprint density at radius 1 is 1.67 bits per heavy atom. The largest absolute Gasteiger partial charge is 0.328 e. The summed E-state index contributed by atoms with van der Waals surface area (Å²) in [6, 6.07) is 3.81. The molecule has 3 heteroatoms. The van der Waals surface area contributed by atoms with Crippen LogP contribution in [0.2, 0.25) is 0 Å². The monoisotopic (exact) mass is 185 g/mol. The van der Waals surface area contributed by atoms with E-state index in [-0.39, 0.29) is 6.04 Å². The van der Waals surface area contributed by atoms with Crippen molar-refractivity contribution in [3.63, 3.8) is 0 Å². The molecule has 1 fully saturated rings. The fourth-order valence-corrected chi connectivity index (χ4v) is 2.65. The van der Waals surface area contributed by atoms with Gasteiger partial charge in [0.2, 0.25) is 0 Å². The Morgan fingerprint density at radius 2 is 2.50 bits per heavy atom. The van der Waals surface area contributed by atoms with Crippen LogP contribution in [-0.4, -0.2) is 6.04 Å². The summed E-state index contributed by atoms with van der Waals surface area (Å²) in [5.41, 5.74) is 4.56. The van der Waals surface area contributed by atoms with Crippen LogP contribution in [0.5, 0.6) is 0 Å². The van der Waals surface area contributed by atoms with Crippen molar-refractivity contribution in [3.05, 3.63) is 22.4 Å². The Hall–Kier alpha value is -0.410. The van der Waals surface area contributed by atoms with E-state index in [0.29, 0.717) is 12.8 Å². The summed E-state index contributed by atoms with van der Waals surface area (Å²) in [4.78, 5) is 0.843. The zero-order valence-electron chi connectivity index (χ0n) is 6.79. The Bertz CT molecular complexity index is 260. The fraction of sp³-hybridized carbons (Fsp3) is 0.556. The van der Waals surface area contributed by atoms with Gasteiger partial charge in [-0.2, -0.15) is 0 Å². The summed E-state index contributed by atoms with van der Waals surface area (Å²) in [5, 5.41) is 1.92. The Morgan fingerprint density at radius 3 is 3.00 bits per heavy atom. The summed E-state index contributed by atoms with van der Waals surface area (Å²) >= 11 is 1.49. The number of halogens is 1. The second kappa shape index (κ2) is 2.82. The second-order valence-electron chi connectivity index (χ2n) is 3.45. The molecule has 1 aromatic rings. The molecule has 12 heavy (non-hydrogen) atoms. The maximum Gasteiger partial charge on any atom is 0.146 e. The summed E-state index contributed by atoms with van der Waals surface area (Å²) in [6.07, 6.45) is 1.90. The average Bonchev–Trinajstić information content (AvgIpc) is 2.59. The average molecular weight is 185 g/mol. The van der Waals surface area contributed by atoms with Crippen LogP contribution < -0.4 is 5.73 Å². The number of hydrogen-bond donors (Lipinski definition) is 1. The van der Waals surface area contributed by atoms with E-state index in [1.807, 2.05) is 17.5 Å². The molecule has 0 aromatic carbocycles.